The monoisotopic (exact) mass is 283 g/mol. The summed E-state index contributed by atoms with van der Waals surface area (Å²) in [7, 11) is 0. The molecule has 2 rings (SSSR count). The number of likely N-dealkylation sites (tertiary alicyclic amines) is 1. The first-order valence-corrected chi connectivity index (χ1v) is 7.55. The van der Waals surface area contributed by atoms with E-state index in [0.29, 0.717) is 19.4 Å². The van der Waals surface area contributed by atoms with Crippen molar-refractivity contribution < 1.29 is 19.4 Å². The van der Waals surface area contributed by atoms with Gasteiger partial charge in [-0.15, -0.1) is 6.58 Å². The largest absolute Gasteiger partial charge is 0.481 e. The second-order valence-corrected chi connectivity index (χ2v) is 5.62. The fourth-order valence-electron chi connectivity index (χ4n) is 2.94. The Kier molecular flexibility index (Phi) is 6.01. The van der Waals surface area contributed by atoms with Crippen LogP contribution in [0.4, 0.5) is 0 Å². The molecule has 1 aliphatic heterocycles. The van der Waals surface area contributed by atoms with Crippen molar-refractivity contribution in [3.05, 3.63) is 12.7 Å². The summed E-state index contributed by atoms with van der Waals surface area (Å²) in [5, 5.41) is 9.01. The van der Waals surface area contributed by atoms with Gasteiger partial charge in [0.25, 0.3) is 0 Å². The van der Waals surface area contributed by atoms with E-state index in [1.165, 1.54) is 12.8 Å². The first-order valence-electron chi connectivity index (χ1n) is 7.55. The predicted octanol–water partition coefficient (Wildman–Crippen LogP) is 2.23. The fourth-order valence-corrected chi connectivity index (χ4v) is 2.94. The Hall–Kier alpha value is -0.910. The second kappa shape index (κ2) is 7.76. The molecule has 1 heterocycles. The van der Waals surface area contributed by atoms with Gasteiger partial charge in [-0.2, -0.15) is 0 Å². The molecule has 0 amide bonds. The van der Waals surface area contributed by atoms with Crippen molar-refractivity contribution in [2.45, 2.75) is 51.0 Å². The number of aliphatic carboxylic acids is 1. The van der Waals surface area contributed by atoms with E-state index in [-0.39, 0.29) is 18.4 Å². The van der Waals surface area contributed by atoms with Crippen LogP contribution < -0.4 is 0 Å². The Morgan fingerprint density at radius 2 is 1.95 bits per heavy atom. The second-order valence-electron chi connectivity index (χ2n) is 5.62. The topological polar surface area (TPSA) is 59.0 Å². The fraction of sp³-hybridized carbons (Fsp3) is 0.800. The van der Waals surface area contributed by atoms with Gasteiger partial charge in [-0.05, 0) is 38.5 Å². The maximum atomic E-state index is 10.9. The zero-order valence-electron chi connectivity index (χ0n) is 12.0. The summed E-state index contributed by atoms with van der Waals surface area (Å²) in [5.74, 6) is -0.878. The molecule has 5 heteroatoms. The summed E-state index contributed by atoms with van der Waals surface area (Å²) < 4.78 is 11.8. The number of carboxylic acid groups (broad SMARTS) is 1. The molecule has 0 bridgehead atoms. The predicted molar refractivity (Wildman–Crippen MR) is 75.2 cm³/mol. The molecule has 1 unspecified atom stereocenters. The van der Waals surface area contributed by atoms with Crippen LogP contribution in [0.3, 0.4) is 0 Å². The molecular formula is C15H25NO4. The van der Waals surface area contributed by atoms with Gasteiger partial charge < -0.3 is 14.6 Å². The van der Waals surface area contributed by atoms with E-state index in [0.717, 1.165) is 25.9 Å². The van der Waals surface area contributed by atoms with Crippen molar-refractivity contribution >= 4 is 5.97 Å². The Balaban J connectivity index is 1.81. The summed E-state index contributed by atoms with van der Waals surface area (Å²) >= 11 is 0. The van der Waals surface area contributed by atoms with Gasteiger partial charge in [-0.25, -0.2) is 0 Å². The molecule has 114 valence electrons. The third kappa shape index (κ3) is 4.30. The van der Waals surface area contributed by atoms with Crippen LogP contribution in [-0.4, -0.2) is 48.2 Å². The minimum Gasteiger partial charge on any atom is -0.481 e. The minimum atomic E-state index is -0.678. The van der Waals surface area contributed by atoms with Crippen LogP contribution in [0.1, 0.15) is 38.5 Å². The Labute approximate surface area is 120 Å². The molecule has 5 nitrogen and oxygen atoms in total. The van der Waals surface area contributed by atoms with Crippen LogP contribution in [-0.2, 0) is 14.3 Å². The van der Waals surface area contributed by atoms with Crippen LogP contribution in [0.25, 0.3) is 0 Å². The lowest BCUT2D eigenvalue weighted by Gasteiger charge is -2.33. The van der Waals surface area contributed by atoms with E-state index in [9.17, 15) is 4.79 Å². The van der Waals surface area contributed by atoms with Gasteiger partial charge in [0.1, 0.15) is 0 Å². The maximum absolute atomic E-state index is 10.9. The van der Waals surface area contributed by atoms with Crippen molar-refractivity contribution in [1.82, 2.24) is 4.90 Å². The van der Waals surface area contributed by atoms with Crippen molar-refractivity contribution in [3.8, 4) is 0 Å². The summed E-state index contributed by atoms with van der Waals surface area (Å²) in [6.07, 6.45) is 6.92. The SMILES string of the molecule is C=CCOC(OC1CCC(C(=O)O)CC1)N1CCCC1. The van der Waals surface area contributed by atoms with E-state index in [1.807, 2.05) is 0 Å². The van der Waals surface area contributed by atoms with E-state index >= 15 is 0 Å². The number of carboxylic acids is 1. The minimum absolute atomic E-state index is 0.112. The Bertz CT molecular complexity index is 320. The van der Waals surface area contributed by atoms with Crippen LogP contribution in [0.5, 0.6) is 0 Å². The van der Waals surface area contributed by atoms with Crippen molar-refractivity contribution in [3.63, 3.8) is 0 Å². The van der Waals surface area contributed by atoms with E-state index in [1.54, 1.807) is 6.08 Å². The summed E-state index contributed by atoms with van der Waals surface area (Å²) in [4.78, 5) is 13.2. The number of hydrogen-bond donors (Lipinski definition) is 1. The molecule has 0 aromatic heterocycles. The van der Waals surface area contributed by atoms with Gasteiger partial charge in [-0.1, -0.05) is 6.08 Å². The van der Waals surface area contributed by atoms with Gasteiger partial charge >= 0.3 is 5.97 Å². The molecule has 2 fully saturated rings. The Morgan fingerprint density at radius 3 is 2.50 bits per heavy atom. The molecule has 0 aromatic rings. The molecule has 1 N–H and O–H groups in total. The highest BCUT2D eigenvalue weighted by Gasteiger charge is 2.30. The molecule has 1 saturated heterocycles. The van der Waals surface area contributed by atoms with Gasteiger partial charge in [0.2, 0.25) is 6.41 Å². The van der Waals surface area contributed by atoms with E-state index < -0.39 is 5.97 Å². The number of ether oxygens (including phenoxy) is 2. The van der Waals surface area contributed by atoms with Crippen LogP contribution >= 0.6 is 0 Å². The highest BCUT2D eigenvalue weighted by Crippen LogP contribution is 2.28. The first kappa shape index (κ1) is 15.5. The zero-order valence-corrected chi connectivity index (χ0v) is 12.0. The summed E-state index contributed by atoms with van der Waals surface area (Å²) in [6, 6.07) is 0. The van der Waals surface area contributed by atoms with Crippen LogP contribution in [0.2, 0.25) is 0 Å². The molecule has 2 aliphatic rings. The summed E-state index contributed by atoms with van der Waals surface area (Å²) in [5.41, 5.74) is 0. The van der Waals surface area contributed by atoms with Gasteiger partial charge in [0.15, 0.2) is 0 Å². The third-order valence-corrected chi connectivity index (χ3v) is 4.13. The maximum Gasteiger partial charge on any atom is 0.306 e. The number of hydrogen-bond acceptors (Lipinski definition) is 4. The van der Waals surface area contributed by atoms with Gasteiger partial charge in [0.05, 0.1) is 18.6 Å². The third-order valence-electron chi connectivity index (χ3n) is 4.13. The summed E-state index contributed by atoms with van der Waals surface area (Å²) in [6.45, 7) is 6.16. The van der Waals surface area contributed by atoms with Gasteiger partial charge in [0, 0.05) is 13.1 Å². The highest BCUT2D eigenvalue weighted by molar-refractivity contribution is 5.70. The molecule has 1 atom stereocenters. The molecule has 20 heavy (non-hydrogen) atoms. The lowest BCUT2D eigenvalue weighted by atomic mass is 9.87. The normalized spacial score (nSPS) is 29.2. The van der Waals surface area contributed by atoms with E-state index in [2.05, 4.69) is 11.5 Å². The van der Waals surface area contributed by atoms with Crippen molar-refractivity contribution in [1.29, 1.82) is 0 Å². The molecular weight excluding hydrogens is 258 g/mol. The lowest BCUT2D eigenvalue weighted by Crippen LogP contribution is -2.41. The first-order chi connectivity index (χ1) is 9.70. The number of rotatable bonds is 7. The van der Waals surface area contributed by atoms with Crippen molar-refractivity contribution in [2.75, 3.05) is 19.7 Å². The molecule has 0 spiro atoms. The lowest BCUT2D eigenvalue weighted by molar-refractivity contribution is -0.240. The average molecular weight is 283 g/mol. The smallest absolute Gasteiger partial charge is 0.306 e. The van der Waals surface area contributed by atoms with Crippen molar-refractivity contribution in [2.24, 2.45) is 5.92 Å². The average Bonchev–Trinajstić information content (AvgIpc) is 2.98. The number of nitrogens with zero attached hydrogens (tertiary/aromatic N) is 1. The quantitative estimate of drug-likeness (QED) is 0.573. The molecule has 0 radical (unpaired) electrons. The molecule has 0 aromatic carbocycles. The molecule has 1 saturated carbocycles. The number of carbonyl (C=O) groups is 1. The van der Waals surface area contributed by atoms with E-state index in [4.69, 9.17) is 14.6 Å². The zero-order chi connectivity index (χ0) is 14.4. The van der Waals surface area contributed by atoms with Gasteiger partial charge in [-0.3, -0.25) is 9.69 Å². The van der Waals surface area contributed by atoms with Crippen LogP contribution in [0.15, 0.2) is 12.7 Å². The Morgan fingerprint density at radius 1 is 1.30 bits per heavy atom. The molecule has 1 aliphatic carbocycles. The standard InChI is InChI=1S/C15H25NO4/c1-2-11-19-15(16-9-3-4-10-16)20-13-7-5-12(6-8-13)14(17)18/h2,12-13,15H,1,3-11H2,(H,17,18). The highest BCUT2D eigenvalue weighted by atomic mass is 16.7. The van der Waals surface area contributed by atoms with Crippen LogP contribution in [0, 0.1) is 5.92 Å².